The summed E-state index contributed by atoms with van der Waals surface area (Å²) < 4.78 is 0. The molecule has 0 saturated heterocycles. The Balaban J connectivity index is 1.74. The van der Waals surface area contributed by atoms with Crippen molar-refractivity contribution in [2.45, 2.75) is 6.92 Å². The summed E-state index contributed by atoms with van der Waals surface area (Å²) in [6, 6.07) is 13.3. The quantitative estimate of drug-likeness (QED) is 0.716. The van der Waals surface area contributed by atoms with Gasteiger partial charge in [0.2, 0.25) is 5.13 Å². The predicted molar refractivity (Wildman–Crippen MR) is 98.6 cm³/mol. The molecule has 3 aromatic rings. The smallest absolute Gasteiger partial charge is 0.275 e. The standard InChI is InChI=1S/C18H12ClN3OS/c1-10-6-7-14-12(8-10)16(17(23)20-14)22-18-21-15(9-24-18)11-4-2-3-5-13(11)19/h2-9H,1H3,(H,20,21,22,23). The number of halogens is 1. The Labute approximate surface area is 147 Å². The molecule has 0 aliphatic carbocycles. The Bertz CT molecular complexity index is 993. The van der Waals surface area contributed by atoms with Gasteiger partial charge in [-0.1, -0.05) is 41.4 Å². The van der Waals surface area contributed by atoms with Gasteiger partial charge in [-0.05, 0) is 25.1 Å². The number of rotatable bonds is 2. The van der Waals surface area contributed by atoms with E-state index < -0.39 is 0 Å². The average Bonchev–Trinajstić information content (AvgIpc) is 3.14. The van der Waals surface area contributed by atoms with Crippen LogP contribution in [0.4, 0.5) is 10.8 Å². The molecule has 0 radical (unpaired) electrons. The largest absolute Gasteiger partial charge is 0.320 e. The molecule has 0 saturated carbocycles. The summed E-state index contributed by atoms with van der Waals surface area (Å²) in [4.78, 5) is 21.2. The Hall–Kier alpha value is -2.50. The number of nitrogens with zero attached hydrogens (tertiary/aromatic N) is 2. The zero-order valence-electron chi connectivity index (χ0n) is 12.7. The molecule has 1 amide bonds. The first-order valence-corrected chi connectivity index (χ1v) is 8.59. The van der Waals surface area contributed by atoms with Crippen LogP contribution in [0.25, 0.3) is 11.3 Å². The van der Waals surface area contributed by atoms with E-state index in [0.29, 0.717) is 15.9 Å². The number of carbonyl (C=O) groups is 1. The minimum absolute atomic E-state index is 0.204. The SMILES string of the molecule is Cc1ccc2c(c1)/C(=N/c1nc(-c3ccccc3Cl)cs1)C(=O)N2. The van der Waals surface area contributed by atoms with E-state index in [1.165, 1.54) is 11.3 Å². The molecule has 6 heteroatoms. The number of aryl methyl sites for hydroxylation is 1. The number of nitrogens with one attached hydrogen (secondary N) is 1. The molecule has 0 fully saturated rings. The van der Waals surface area contributed by atoms with E-state index in [2.05, 4.69) is 15.3 Å². The lowest BCUT2D eigenvalue weighted by molar-refractivity contribution is -0.110. The van der Waals surface area contributed by atoms with Crippen molar-refractivity contribution < 1.29 is 4.79 Å². The lowest BCUT2D eigenvalue weighted by Crippen LogP contribution is -2.13. The van der Waals surface area contributed by atoms with Crippen molar-refractivity contribution in [3.05, 3.63) is 64.0 Å². The molecule has 2 heterocycles. The molecule has 0 atom stereocenters. The number of benzene rings is 2. The predicted octanol–water partition coefficient (Wildman–Crippen LogP) is 4.84. The van der Waals surface area contributed by atoms with Crippen molar-refractivity contribution in [2.75, 3.05) is 5.32 Å². The van der Waals surface area contributed by atoms with Crippen LogP contribution in [0.2, 0.25) is 5.02 Å². The normalized spacial score (nSPS) is 14.8. The lowest BCUT2D eigenvalue weighted by atomic mass is 10.1. The number of hydrogen-bond donors (Lipinski definition) is 1. The van der Waals surface area contributed by atoms with Crippen LogP contribution in [0.3, 0.4) is 0 Å². The zero-order chi connectivity index (χ0) is 16.7. The number of carbonyl (C=O) groups excluding carboxylic acids is 1. The summed E-state index contributed by atoms with van der Waals surface area (Å²) in [5.41, 5.74) is 4.69. The van der Waals surface area contributed by atoms with E-state index in [-0.39, 0.29) is 5.91 Å². The minimum Gasteiger partial charge on any atom is -0.320 e. The molecule has 0 spiro atoms. The molecular formula is C18H12ClN3OS. The fourth-order valence-corrected chi connectivity index (χ4v) is 3.51. The maximum atomic E-state index is 12.2. The van der Waals surface area contributed by atoms with Crippen LogP contribution in [-0.2, 0) is 4.79 Å². The first kappa shape index (κ1) is 15.1. The lowest BCUT2D eigenvalue weighted by Gasteiger charge is -1.99. The van der Waals surface area contributed by atoms with Gasteiger partial charge in [0.25, 0.3) is 5.91 Å². The third-order valence-corrected chi connectivity index (χ3v) is 4.81. The Morgan fingerprint density at radius 2 is 2.00 bits per heavy atom. The molecule has 1 N–H and O–H groups in total. The maximum Gasteiger partial charge on any atom is 0.275 e. The summed E-state index contributed by atoms with van der Waals surface area (Å²) in [7, 11) is 0. The Kier molecular flexibility index (Phi) is 3.67. The second kappa shape index (κ2) is 5.85. The van der Waals surface area contributed by atoms with Crippen molar-refractivity contribution in [3.8, 4) is 11.3 Å². The van der Waals surface area contributed by atoms with Gasteiger partial charge in [0.15, 0.2) is 0 Å². The number of anilines is 1. The molecule has 118 valence electrons. The summed E-state index contributed by atoms with van der Waals surface area (Å²) in [5.74, 6) is -0.204. The van der Waals surface area contributed by atoms with E-state index >= 15 is 0 Å². The van der Waals surface area contributed by atoms with Crippen LogP contribution < -0.4 is 5.32 Å². The third-order valence-electron chi connectivity index (χ3n) is 3.74. The van der Waals surface area contributed by atoms with E-state index in [4.69, 9.17) is 11.6 Å². The van der Waals surface area contributed by atoms with Crippen molar-refractivity contribution in [3.63, 3.8) is 0 Å². The number of amides is 1. The molecule has 0 bridgehead atoms. The van der Waals surface area contributed by atoms with Crippen LogP contribution >= 0.6 is 22.9 Å². The number of thiazole rings is 1. The van der Waals surface area contributed by atoms with Crippen molar-refractivity contribution in [1.82, 2.24) is 4.98 Å². The van der Waals surface area contributed by atoms with E-state index in [9.17, 15) is 4.79 Å². The highest BCUT2D eigenvalue weighted by molar-refractivity contribution is 7.13. The van der Waals surface area contributed by atoms with Crippen molar-refractivity contribution >= 4 is 45.4 Å². The monoisotopic (exact) mass is 353 g/mol. The second-order valence-electron chi connectivity index (χ2n) is 5.46. The molecule has 24 heavy (non-hydrogen) atoms. The maximum absolute atomic E-state index is 12.2. The first-order valence-electron chi connectivity index (χ1n) is 7.33. The van der Waals surface area contributed by atoms with Crippen LogP contribution in [0.5, 0.6) is 0 Å². The fourth-order valence-electron chi connectivity index (χ4n) is 2.58. The van der Waals surface area contributed by atoms with Gasteiger partial charge in [0.1, 0.15) is 5.71 Å². The molecule has 1 aliphatic heterocycles. The van der Waals surface area contributed by atoms with Gasteiger partial charge in [-0.25, -0.2) is 9.98 Å². The molecule has 1 aromatic heterocycles. The molecule has 0 unspecified atom stereocenters. The fraction of sp³-hybridized carbons (Fsp3) is 0.0556. The van der Waals surface area contributed by atoms with Crippen LogP contribution in [-0.4, -0.2) is 16.6 Å². The molecule has 4 nitrogen and oxygen atoms in total. The van der Waals surface area contributed by atoms with Crippen LogP contribution in [0.15, 0.2) is 52.8 Å². The third kappa shape index (κ3) is 2.62. The van der Waals surface area contributed by atoms with Gasteiger partial charge in [0, 0.05) is 21.5 Å². The van der Waals surface area contributed by atoms with Gasteiger partial charge in [-0.2, -0.15) is 0 Å². The van der Waals surface area contributed by atoms with E-state index in [1.807, 2.05) is 54.8 Å². The molecule has 2 aromatic carbocycles. The topological polar surface area (TPSA) is 54.4 Å². The Morgan fingerprint density at radius 1 is 1.17 bits per heavy atom. The number of aliphatic imine (C=N–C) groups is 1. The highest BCUT2D eigenvalue weighted by atomic mass is 35.5. The first-order chi connectivity index (χ1) is 11.6. The Morgan fingerprint density at radius 3 is 2.83 bits per heavy atom. The highest BCUT2D eigenvalue weighted by Crippen LogP contribution is 2.33. The van der Waals surface area contributed by atoms with Gasteiger partial charge in [-0.15, -0.1) is 11.3 Å². The second-order valence-corrected chi connectivity index (χ2v) is 6.70. The van der Waals surface area contributed by atoms with Gasteiger partial charge in [0.05, 0.1) is 11.4 Å². The van der Waals surface area contributed by atoms with Crippen molar-refractivity contribution in [1.29, 1.82) is 0 Å². The minimum atomic E-state index is -0.204. The molecular weight excluding hydrogens is 342 g/mol. The van der Waals surface area contributed by atoms with E-state index in [1.54, 1.807) is 0 Å². The number of fused-ring (bicyclic) bond motifs is 1. The summed E-state index contributed by atoms with van der Waals surface area (Å²) in [5, 5.41) is 5.89. The zero-order valence-corrected chi connectivity index (χ0v) is 14.3. The van der Waals surface area contributed by atoms with Gasteiger partial charge >= 0.3 is 0 Å². The average molecular weight is 354 g/mol. The van der Waals surface area contributed by atoms with Gasteiger partial charge < -0.3 is 5.32 Å². The van der Waals surface area contributed by atoms with E-state index in [0.717, 1.165) is 28.1 Å². The molecule has 1 aliphatic rings. The van der Waals surface area contributed by atoms with Crippen LogP contribution in [0, 0.1) is 6.92 Å². The summed E-state index contributed by atoms with van der Waals surface area (Å²) in [6.45, 7) is 1.99. The van der Waals surface area contributed by atoms with Gasteiger partial charge in [-0.3, -0.25) is 4.79 Å². The molecule has 4 rings (SSSR count). The summed E-state index contributed by atoms with van der Waals surface area (Å²) >= 11 is 7.59. The van der Waals surface area contributed by atoms with Crippen molar-refractivity contribution in [2.24, 2.45) is 4.99 Å². The highest BCUT2D eigenvalue weighted by Gasteiger charge is 2.26. The van der Waals surface area contributed by atoms with Crippen LogP contribution in [0.1, 0.15) is 11.1 Å². The number of aromatic nitrogens is 1. The summed E-state index contributed by atoms with van der Waals surface area (Å²) in [6.07, 6.45) is 0. The number of hydrogen-bond acceptors (Lipinski definition) is 4.